The zero-order valence-electron chi connectivity index (χ0n) is 24.3. The van der Waals surface area contributed by atoms with Gasteiger partial charge >= 0.3 is 5.97 Å². The highest BCUT2D eigenvalue weighted by molar-refractivity contribution is 6.29. The molecule has 7 nitrogen and oxygen atoms in total. The first-order chi connectivity index (χ1) is 18.3. The third kappa shape index (κ3) is 14.7. The van der Waals surface area contributed by atoms with Gasteiger partial charge in [-0.3, -0.25) is 9.59 Å². The molecule has 0 bridgehead atoms. The molecule has 2 N–H and O–H groups in total. The first kappa shape index (κ1) is 34.1. The molecule has 1 rings (SSSR count). The number of halogens is 1. The normalized spacial score (nSPS) is 19.4. The van der Waals surface area contributed by atoms with E-state index in [9.17, 15) is 14.4 Å². The Labute approximate surface area is 239 Å². The van der Waals surface area contributed by atoms with Crippen molar-refractivity contribution >= 4 is 29.4 Å². The standard InChI is InChI=1S/C31H45ClN2O5/c1-8-38-25(19-18-24(4)32)14-12-20-33-30(37)29(31(5,6)7)34-27(35)16-10-9-13-22(2)21-23(3)26-15-11-17-28(36)39-26/h9-13,16-18,20-21,23,25-26,29H,8,14-15,19H2,1-7H3,(H,33,37)(H,34,35)/b13-9-,16-10-,20-12-,22-21+,24-18+/t23-,25+,26-,29+/m0/s1. The molecule has 0 saturated heterocycles. The molecule has 0 aromatic rings. The fourth-order valence-electron chi connectivity index (χ4n) is 3.86. The van der Waals surface area contributed by atoms with Crippen LogP contribution < -0.4 is 10.6 Å². The van der Waals surface area contributed by atoms with Gasteiger partial charge in [-0.25, -0.2) is 4.79 Å². The van der Waals surface area contributed by atoms with Crippen LogP contribution in [0, 0.1) is 11.3 Å². The lowest BCUT2D eigenvalue weighted by Crippen LogP contribution is -2.52. The van der Waals surface area contributed by atoms with E-state index in [1.54, 1.807) is 18.4 Å². The van der Waals surface area contributed by atoms with Crippen LogP contribution in [0.2, 0.25) is 0 Å². The number of carbonyl (C=O) groups excluding carboxylic acids is 3. The van der Waals surface area contributed by atoms with Crippen molar-refractivity contribution in [2.75, 3.05) is 6.61 Å². The van der Waals surface area contributed by atoms with E-state index in [1.807, 2.05) is 78.8 Å². The third-order valence-electron chi connectivity index (χ3n) is 5.94. The van der Waals surface area contributed by atoms with Gasteiger partial charge in [-0.2, -0.15) is 0 Å². The number of nitrogens with one attached hydrogen (secondary N) is 2. The molecule has 0 saturated carbocycles. The van der Waals surface area contributed by atoms with Crippen molar-refractivity contribution in [3.05, 3.63) is 71.5 Å². The summed E-state index contributed by atoms with van der Waals surface area (Å²) < 4.78 is 11.1. The van der Waals surface area contributed by atoms with Crippen molar-refractivity contribution in [1.82, 2.24) is 10.6 Å². The summed E-state index contributed by atoms with van der Waals surface area (Å²) in [5.74, 6) is -0.915. The summed E-state index contributed by atoms with van der Waals surface area (Å²) >= 11 is 5.92. The molecule has 4 atom stereocenters. The smallest absolute Gasteiger partial charge is 0.330 e. The quantitative estimate of drug-likeness (QED) is 0.153. The molecule has 0 fully saturated rings. The molecular weight excluding hydrogens is 516 g/mol. The molecule has 1 aliphatic heterocycles. The second-order valence-corrected chi connectivity index (χ2v) is 11.3. The van der Waals surface area contributed by atoms with Crippen molar-refractivity contribution < 1.29 is 23.9 Å². The molecule has 0 unspecified atom stereocenters. The Bertz CT molecular complexity index is 997. The van der Waals surface area contributed by atoms with Crippen molar-refractivity contribution in [2.45, 2.75) is 86.0 Å². The van der Waals surface area contributed by atoms with Gasteiger partial charge in [0.25, 0.3) is 0 Å². The fraction of sp³-hybridized carbons (Fsp3) is 0.516. The Hall–Kier alpha value is -2.90. The van der Waals surface area contributed by atoms with Gasteiger partial charge in [-0.15, -0.1) is 0 Å². The van der Waals surface area contributed by atoms with Crippen LogP contribution in [0.15, 0.2) is 71.5 Å². The molecule has 216 valence electrons. The second-order valence-electron chi connectivity index (χ2n) is 10.7. The molecule has 0 aromatic heterocycles. The van der Waals surface area contributed by atoms with Crippen molar-refractivity contribution in [3.8, 4) is 0 Å². The number of carbonyl (C=O) groups is 3. The SMILES string of the molecule is CCO[C@H](C/C=C\NC(=O)[C@@H](NC(=O)\C=C/C=C\C(C)=C\[C@H](C)[C@@H]1CC=CC(=O)O1)C(C)(C)C)C/C=C(\C)Cl. The molecule has 39 heavy (non-hydrogen) atoms. The Balaban J connectivity index is 2.66. The van der Waals surface area contributed by atoms with Gasteiger partial charge in [-0.1, -0.05) is 87.4 Å². The number of ether oxygens (including phenoxy) is 2. The maximum Gasteiger partial charge on any atom is 0.330 e. The van der Waals surface area contributed by atoms with Gasteiger partial charge in [-0.05, 0) is 45.2 Å². The Morgan fingerprint density at radius 3 is 2.51 bits per heavy atom. The Morgan fingerprint density at radius 1 is 1.21 bits per heavy atom. The topological polar surface area (TPSA) is 93.7 Å². The van der Waals surface area contributed by atoms with E-state index in [0.717, 1.165) is 5.57 Å². The average molecular weight is 561 g/mol. The summed E-state index contributed by atoms with van der Waals surface area (Å²) in [5, 5.41) is 6.30. The number of hydrogen-bond donors (Lipinski definition) is 2. The van der Waals surface area contributed by atoms with E-state index in [4.69, 9.17) is 21.1 Å². The molecule has 1 aliphatic rings. The summed E-state index contributed by atoms with van der Waals surface area (Å²) in [5.41, 5.74) is 0.485. The van der Waals surface area contributed by atoms with Crippen LogP contribution in [-0.4, -0.2) is 42.6 Å². The number of allylic oxidation sites excluding steroid dienone is 5. The highest BCUT2D eigenvalue weighted by Crippen LogP contribution is 2.20. The zero-order valence-corrected chi connectivity index (χ0v) is 25.1. The predicted molar refractivity (Wildman–Crippen MR) is 158 cm³/mol. The van der Waals surface area contributed by atoms with E-state index < -0.39 is 11.5 Å². The van der Waals surface area contributed by atoms with Crippen LogP contribution in [0.1, 0.15) is 67.7 Å². The summed E-state index contributed by atoms with van der Waals surface area (Å²) in [7, 11) is 0. The van der Waals surface area contributed by atoms with Gasteiger partial charge < -0.3 is 20.1 Å². The number of cyclic esters (lactones) is 1. The third-order valence-corrected chi connectivity index (χ3v) is 6.10. The number of esters is 1. The summed E-state index contributed by atoms with van der Waals surface area (Å²) in [6.07, 6.45) is 19.1. The van der Waals surface area contributed by atoms with Crippen molar-refractivity contribution in [3.63, 3.8) is 0 Å². The second kappa shape index (κ2) is 17.6. The maximum atomic E-state index is 12.9. The van der Waals surface area contributed by atoms with Gasteiger partial charge in [0, 0.05) is 36.1 Å². The summed E-state index contributed by atoms with van der Waals surface area (Å²) in [6.45, 7) is 14.0. The van der Waals surface area contributed by atoms with Crippen LogP contribution in [-0.2, 0) is 23.9 Å². The zero-order chi connectivity index (χ0) is 29.4. The lowest BCUT2D eigenvalue weighted by Gasteiger charge is -2.29. The van der Waals surface area contributed by atoms with E-state index in [1.165, 1.54) is 12.2 Å². The molecular formula is C31H45ClN2O5. The molecule has 2 amide bonds. The minimum Gasteiger partial charge on any atom is -0.458 e. The van der Waals surface area contributed by atoms with Gasteiger partial charge in [0.15, 0.2) is 0 Å². The van der Waals surface area contributed by atoms with Gasteiger partial charge in [0.05, 0.1) is 6.10 Å². The lowest BCUT2D eigenvalue weighted by molar-refractivity contribution is -0.145. The predicted octanol–water partition coefficient (Wildman–Crippen LogP) is 6.04. The monoisotopic (exact) mass is 560 g/mol. The number of rotatable bonds is 14. The minimum atomic E-state index is -0.734. The van der Waals surface area contributed by atoms with E-state index >= 15 is 0 Å². The minimum absolute atomic E-state index is 0.0307. The van der Waals surface area contributed by atoms with E-state index in [0.29, 0.717) is 30.9 Å². The van der Waals surface area contributed by atoms with Crippen LogP contribution in [0.25, 0.3) is 0 Å². The van der Waals surface area contributed by atoms with Crippen LogP contribution >= 0.6 is 11.6 Å². The Kier molecular flexibility index (Phi) is 15.4. The van der Waals surface area contributed by atoms with Gasteiger partial charge in [0.2, 0.25) is 11.8 Å². The van der Waals surface area contributed by atoms with Crippen LogP contribution in [0.3, 0.4) is 0 Å². The molecule has 8 heteroatoms. The number of amides is 2. The molecule has 0 radical (unpaired) electrons. The van der Waals surface area contributed by atoms with E-state index in [2.05, 4.69) is 10.6 Å². The van der Waals surface area contributed by atoms with Crippen LogP contribution in [0.5, 0.6) is 0 Å². The molecule has 0 spiro atoms. The van der Waals surface area contributed by atoms with Crippen molar-refractivity contribution in [1.29, 1.82) is 0 Å². The molecule has 0 aromatic carbocycles. The van der Waals surface area contributed by atoms with Crippen molar-refractivity contribution in [2.24, 2.45) is 11.3 Å². The lowest BCUT2D eigenvalue weighted by atomic mass is 9.86. The first-order valence-corrected chi connectivity index (χ1v) is 13.8. The highest BCUT2D eigenvalue weighted by atomic mass is 35.5. The summed E-state index contributed by atoms with van der Waals surface area (Å²) in [6, 6.07) is -0.734. The van der Waals surface area contributed by atoms with Crippen LogP contribution in [0.4, 0.5) is 0 Å². The fourth-order valence-corrected chi connectivity index (χ4v) is 3.95. The maximum absolute atomic E-state index is 12.9. The van der Waals surface area contributed by atoms with E-state index in [-0.39, 0.29) is 35.9 Å². The molecule has 0 aliphatic carbocycles. The average Bonchev–Trinajstić information content (AvgIpc) is 2.85. The summed E-state index contributed by atoms with van der Waals surface area (Å²) in [4.78, 5) is 36.9. The highest BCUT2D eigenvalue weighted by Gasteiger charge is 2.31. The molecule has 1 heterocycles. The number of hydrogen-bond acceptors (Lipinski definition) is 5. The van der Waals surface area contributed by atoms with Gasteiger partial charge in [0.1, 0.15) is 12.1 Å². The Morgan fingerprint density at radius 2 is 1.90 bits per heavy atom. The first-order valence-electron chi connectivity index (χ1n) is 13.4. The largest absolute Gasteiger partial charge is 0.458 e.